The minimum absolute atomic E-state index is 0.0737. The molecule has 0 heterocycles. The van der Waals surface area contributed by atoms with Gasteiger partial charge in [0.1, 0.15) is 0 Å². The van der Waals surface area contributed by atoms with Crippen molar-refractivity contribution < 1.29 is 4.79 Å². The molecule has 18 heavy (non-hydrogen) atoms. The highest BCUT2D eigenvalue weighted by atomic mass is 16.2. The van der Waals surface area contributed by atoms with Gasteiger partial charge in [0.05, 0.1) is 0 Å². The fourth-order valence-corrected chi connectivity index (χ4v) is 2.16. The van der Waals surface area contributed by atoms with Gasteiger partial charge in [-0.3, -0.25) is 4.79 Å². The fraction of sp³-hybridized carbons (Fsp3) is 0.533. The van der Waals surface area contributed by atoms with E-state index in [0.29, 0.717) is 12.6 Å². The largest absolute Gasteiger partial charge is 0.335 e. The molecule has 2 N–H and O–H groups in total. The normalized spacial score (nSPS) is 16.4. The first kappa shape index (κ1) is 13.1. The average Bonchev–Trinajstić information content (AvgIpc) is 3.18. The summed E-state index contributed by atoms with van der Waals surface area (Å²) in [6, 6.07) is 8.80. The van der Waals surface area contributed by atoms with E-state index < -0.39 is 0 Å². The van der Waals surface area contributed by atoms with Gasteiger partial charge in [-0.1, -0.05) is 36.8 Å². The summed E-state index contributed by atoms with van der Waals surface area (Å²) in [6.07, 6.45) is 2.27. The summed E-state index contributed by atoms with van der Waals surface area (Å²) in [5.41, 5.74) is 8.05. The molecule has 1 saturated carbocycles. The molecule has 1 amide bonds. The highest BCUT2D eigenvalue weighted by molar-refractivity contribution is 5.79. The first-order valence-corrected chi connectivity index (χ1v) is 6.68. The molecule has 98 valence electrons. The van der Waals surface area contributed by atoms with Crippen molar-refractivity contribution in [2.75, 3.05) is 6.54 Å². The predicted molar refractivity (Wildman–Crippen MR) is 73.0 cm³/mol. The van der Waals surface area contributed by atoms with E-state index in [9.17, 15) is 4.79 Å². The SMILES string of the molecule is Cc1cccc(CN(C(=O)C(C)CN)C2CC2)c1. The van der Waals surface area contributed by atoms with Crippen molar-refractivity contribution in [2.24, 2.45) is 11.7 Å². The lowest BCUT2D eigenvalue weighted by atomic mass is 10.1. The van der Waals surface area contributed by atoms with Crippen molar-refractivity contribution in [3.63, 3.8) is 0 Å². The zero-order valence-electron chi connectivity index (χ0n) is 11.2. The van der Waals surface area contributed by atoms with E-state index in [2.05, 4.69) is 25.1 Å². The Morgan fingerprint density at radius 3 is 2.78 bits per heavy atom. The number of nitrogens with two attached hydrogens (primary N) is 1. The van der Waals surface area contributed by atoms with Gasteiger partial charge < -0.3 is 10.6 Å². The smallest absolute Gasteiger partial charge is 0.227 e. The number of carbonyl (C=O) groups is 1. The van der Waals surface area contributed by atoms with Gasteiger partial charge in [-0.05, 0) is 25.3 Å². The number of aryl methyl sites for hydroxylation is 1. The maximum absolute atomic E-state index is 12.3. The molecule has 0 aromatic heterocycles. The number of hydrogen-bond donors (Lipinski definition) is 1. The lowest BCUT2D eigenvalue weighted by Gasteiger charge is -2.25. The van der Waals surface area contributed by atoms with E-state index in [1.54, 1.807) is 0 Å². The summed E-state index contributed by atoms with van der Waals surface area (Å²) in [7, 11) is 0. The maximum atomic E-state index is 12.3. The third-order valence-corrected chi connectivity index (χ3v) is 3.48. The average molecular weight is 246 g/mol. The Morgan fingerprint density at radius 2 is 2.22 bits per heavy atom. The fourth-order valence-electron chi connectivity index (χ4n) is 2.16. The van der Waals surface area contributed by atoms with Crippen LogP contribution in [-0.2, 0) is 11.3 Å². The highest BCUT2D eigenvalue weighted by Gasteiger charge is 2.34. The summed E-state index contributed by atoms with van der Waals surface area (Å²) >= 11 is 0. The molecule has 0 saturated heterocycles. The number of benzene rings is 1. The Bertz CT molecular complexity index is 426. The van der Waals surface area contributed by atoms with Crippen LogP contribution < -0.4 is 5.73 Å². The van der Waals surface area contributed by atoms with Gasteiger partial charge in [0.15, 0.2) is 0 Å². The molecular formula is C15H22N2O. The Balaban J connectivity index is 2.09. The van der Waals surface area contributed by atoms with Gasteiger partial charge in [0, 0.05) is 25.0 Å². The van der Waals surface area contributed by atoms with Crippen molar-refractivity contribution in [1.29, 1.82) is 0 Å². The maximum Gasteiger partial charge on any atom is 0.227 e. The molecule has 0 aliphatic heterocycles. The molecular weight excluding hydrogens is 224 g/mol. The lowest BCUT2D eigenvalue weighted by Crippen LogP contribution is -2.39. The minimum Gasteiger partial charge on any atom is -0.335 e. The second kappa shape index (κ2) is 5.53. The van der Waals surface area contributed by atoms with Crippen LogP contribution in [0.15, 0.2) is 24.3 Å². The molecule has 1 aromatic rings. The summed E-state index contributed by atoms with van der Waals surface area (Å²) in [4.78, 5) is 14.3. The molecule has 2 rings (SSSR count). The predicted octanol–water partition coefficient (Wildman–Crippen LogP) is 2.08. The lowest BCUT2D eigenvalue weighted by molar-refractivity contribution is -0.135. The summed E-state index contributed by atoms with van der Waals surface area (Å²) in [5.74, 6) is 0.122. The standard InChI is InChI=1S/C15H22N2O/c1-11-4-3-5-13(8-11)10-17(14-6-7-14)15(18)12(2)9-16/h3-5,8,12,14H,6-7,9-10,16H2,1-2H3. The van der Waals surface area contributed by atoms with E-state index >= 15 is 0 Å². The summed E-state index contributed by atoms with van der Waals surface area (Å²) < 4.78 is 0. The molecule has 3 heteroatoms. The van der Waals surface area contributed by atoms with E-state index in [-0.39, 0.29) is 11.8 Å². The van der Waals surface area contributed by atoms with Crippen molar-refractivity contribution in [3.8, 4) is 0 Å². The van der Waals surface area contributed by atoms with Gasteiger partial charge in [-0.2, -0.15) is 0 Å². The quantitative estimate of drug-likeness (QED) is 0.864. The van der Waals surface area contributed by atoms with Crippen LogP contribution in [0.2, 0.25) is 0 Å². The van der Waals surface area contributed by atoms with E-state index in [4.69, 9.17) is 5.73 Å². The van der Waals surface area contributed by atoms with E-state index in [0.717, 1.165) is 19.4 Å². The number of nitrogens with zero attached hydrogens (tertiary/aromatic N) is 1. The number of carbonyl (C=O) groups excluding carboxylic acids is 1. The Morgan fingerprint density at radius 1 is 1.50 bits per heavy atom. The van der Waals surface area contributed by atoms with Gasteiger partial charge in [-0.25, -0.2) is 0 Å². The highest BCUT2D eigenvalue weighted by Crippen LogP contribution is 2.29. The molecule has 1 aliphatic carbocycles. The molecule has 0 bridgehead atoms. The summed E-state index contributed by atoms with van der Waals surface area (Å²) in [5, 5.41) is 0. The zero-order chi connectivity index (χ0) is 13.1. The van der Waals surface area contributed by atoms with E-state index in [1.165, 1.54) is 11.1 Å². The zero-order valence-corrected chi connectivity index (χ0v) is 11.2. The number of amides is 1. The van der Waals surface area contributed by atoms with Gasteiger partial charge in [-0.15, -0.1) is 0 Å². The summed E-state index contributed by atoms with van der Waals surface area (Å²) in [6.45, 7) is 5.13. The molecule has 1 unspecified atom stereocenters. The van der Waals surface area contributed by atoms with Gasteiger partial charge in [0.2, 0.25) is 5.91 Å². The number of hydrogen-bond acceptors (Lipinski definition) is 2. The van der Waals surface area contributed by atoms with Crippen LogP contribution >= 0.6 is 0 Å². The molecule has 3 nitrogen and oxygen atoms in total. The molecule has 1 aromatic carbocycles. The van der Waals surface area contributed by atoms with Gasteiger partial charge in [0.25, 0.3) is 0 Å². The van der Waals surface area contributed by atoms with Gasteiger partial charge >= 0.3 is 0 Å². The van der Waals surface area contributed by atoms with Crippen LogP contribution in [0.3, 0.4) is 0 Å². The first-order chi connectivity index (χ1) is 8.61. The minimum atomic E-state index is -0.0737. The monoisotopic (exact) mass is 246 g/mol. The number of rotatable bonds is 5. The third kappa shape index (κ3) is 3.10. The molecule has 1 atom stereocenters. The van der Waals surface area contributed by atoms with Crippen LogP contribution in [0, 0.1) is 12.8 Å². The first-order valence-electron chi connectivity index (χ1n) is 6.68. The molecule has 1 aliphatic rings. The van der Waals surface area contributed by atoms with Crippen molar-refractivity contribution in [3.05, 3.63) is 35.4 Å². The Hall–Kier alpha value is -1.35. The van der Waals surface area contributed by atoms with Crippen LogP contribution in [0.25, 0.3) is 0 Å². The van der Waals surface area contributed by atoms with Crippen molar-refractivity contribution >= 4 is 5.91 Å². The van der Waals surface area contributed by atoms with Crippen LogP contribution in [0.5, 0.6) is 0 Å². The molecule has 0 radical (unpaired) electrons. The Labute approximate surface area is 109 Å². The Kier molecular flexibility index (Phi) is 4.02. The van der Waals surface area contributed by atoms with Crippen molar-refractivity contribution in [1.82, 2.24) is 4.90 Å². The van der Waals surface area contributed by atoms with Crippen molar-refractivity contribution in [2.45, 2.75) is 39.3 Å². The van der Waals surface area contributed by atoms with Crippen LogP contribution in [-0.4, -0.2) is 23.4 Å². The second-order valence-corrected chi connectivity index (χ2v) is 5.32. The van der Waals surface area contributed by atoms with E-state index in [1.807, 2.05) is 17.9 Å². The molecule has 1 fully saturated rings. The molecule has 0 spiro atoms. The third-order valence-electron chi connectivity index (χ3n) is 3.48. The topological polar surface area (TPSA) is 46.3 Å². The van der Waals surface area contributed by atoms with Crippen LogP contribution in [0.4, 0.5) is 0 Å². The van der Waals surface area contributed by atoms with Crippen LogP contribution in [0.1, 0.15) is 30.9 Å². The second-order valence-electron chi connectivity index (χ2n) is 5.32.